The number of rotatable bonds is 4. The highest BCUT2D eigenvalue weighted by atomic mass is 35.5. The Kier molecular flexibility index (Phi) is 6.06. The molecule has 92 valence electrons. The Morgan fingerprint density at radius 3 is 2.69 bits per heavy atom. The fraction of sp³-hybridized carbons (Fsp3) is 0.600. The second kappa shape index (κ2) is 6.50. The second-order valence-corrected chi connectivity index (χ2v) is 4.07. The molecule has 16 heavy (non-hydrogen) atoms. The third-order valence-electron chi connectivity index (χ3n) is 2.13. The SMILES string of the molecule is CC(C)C[C@H](N)C(=O)Nc1ccnn1C.Cl. The molecule has 1 amide bonds. The van der Waals surface area contributed by atoms with Crippen LogP contribution in [0.5, 0.6) is 0 Å². The molecule has 1 aromatic rings. The van der Waals surface area contributed by atoms with E-state index in [4.69, 9.17) is 5.73 Å². The summed E-state index contributed by atoms with van der Waals surface area (Å²) in [5.74, 6) is 0.920. The normalized spacial score (nSPS) is 12.1. The standard InChI is InChI=1S/C10H18N4O.ClH/c1-7(2)6-8(11)10(15)13-9-4-5-12-14(9)3;/h4-5,7-8H,6,11H2,1-3H3,(H,13,15);1H/t8-;/m0./s1. The molecule has 0 aromatic carbocycles. The van der Waals surface area contributed by atoms with Crippen molar-refractivity contribution in [2.24, 2.45) is 18.7 Å². The van der Waals surface area contributed by atoms with Gasteiger partial charge in [0.25, 0.3) is 0 Å². The minimum atomic E-state index is -0.458. The average molecular weight is 247 g/mol. The zero-order valence-electron chi connectivity index (χ0n) is 9.80. The number of aromatic nitrogens is 2. The number of anilines is 1. The third kappa shape index (κ3) is 4.20. The molecule has 0 fully saturated rings. The van der Waals surface area contributed by atoms with E-state index in [-0.39, 0.29) is 18.3 Å². The highest BCUT2D eigenvalue weighted by molar-refractivity contribution is 5.93. The summed E-state index contributed by atoms with van der Waals surface area (Å²) in [6.07, 6.45) is 2.31. The predicted molar refractivity (Wildman–Crippen MR) is 66.5 cm³/mol. The van der Waals surface area contributed by atoms with Crippen molar-refractivity contribution in [3.8, 4) is 0 Å². The molecule has 0 bridgehead atoms. The molecule has 0 radical (unpaired) electrons. The molecule has 1 rings (SSSR count). The molecular formula is C10H19ClN4O. The lowest BCUT2D eigenvalue weighted by Crippen LogP contribution is -2.37. The van der Waals surface area contributed by atoms with Crippen LogP contribution in [0.4, 0.5) is 5.82 Å². The van der Waals surface area contributed by atoms with Crippen LogP contribution < -0.4 is 11.1 Å². The van der Waals surface area contributed by atoms with Gasteiger partial charge in [0, 0.05) is 13.1 Å². The fourth-order valence-corrected chi connectivity index (χ4v) is 1.33. The van der Waals surface area contributed by atoms with E-state index >= 15 is 0 Å². The molecule has 0 spiro atoms. The van der Waals surface area contributed by atoms with E-state index in [2.05, 4.69) is 10.4 Å². The summed E-state index contributed by atoms with van der Waals surface area (Å²) in [4.78, 5) is 11.6. The molecule has 0 aliphatic heterocycles. The predicted octanol–water partition coefficient (Wildman–Crippen LogP) is 1.15. The highest BCUT2D eigenvalue weighted by Gasteiger charge is 2.15. The number of nitrogens with one attached hydrogen (secondary N) is 1. The van der Waals surface area contributed by atoms with Crippen LogP contribution in [0.2, 0.25) is 0 Å². The summed E-state index contributed by atoms with van der Waals surface area (Å²) in [6.45, 7) is 4.08. The summed E-state index contributed by atoms with van der Waals surface area (Å²) in [6, 6.07) is 1.28. The lowest BCUT2D eigenvalue weighted by atomic mass is 10.0. The maximum absolute atomic E-state index is 11.6. The van der Waals surface area contributed by atoms with Crippen molar-refractivity contribution in [3.63, 3.8) is 0 Å². The van der Waals surface area contributed by atoms with E-state index in [0.717, 1.165) is 0 Å². The van der Waals surface area contributed by atoms with Crippen LogP contribution in [0.1, 0.15) is 20.3 Å². The first-order valence-electron chi connectivity index (χ1n) is 5.05. The molecule has 1 heterocycles. The molecule has 3 N–H and O–H groups in total. The van der Waals surface area contributed by atoms with E-state index in [1.165, 1.54) is 0 Å². The molecule has 1 atom stereocenters. The molecule has 5 nitrogen and oxygen atoms in total. The quantitative estimate of drug-likeness (QED) is 0.837. The summed E-state index contributed by atoms with van der Waals surface area (Å²) in [5.41, 5.74) is 5.74. The number of carbonyl (C=O) groups excluding carboxylic acids is 1. The number of nitrogens with two attached hydrogens (primary N) is 1. The van der Waals surface area contributed by atoms with Gasteiger partial charge in [0.15, 0.2) is 0 Å². The van der Waals surface area contributed by atoms with Gasteiger partial charge in [-0.05, 0) is 12.3 Å². The molecule has 1 aromatic heterocycles. The molecular weight excluding hydrogens is 228 g/mol. The lowest BCUT2D eigenvalue weighted by Gasteiger charge is -2.13. The summed E-state index contributed by atoms with van der Waals surface area (Å²) in [7, 11) is 1.77. The third-order valence-corrected chi connectivity index (χ3v) is 2.13. The van der Waals surface area contributed by atoms with E-state index < -0.39 is 6.04 Å². The van der Waals surface area contributed by atoms with Gasteiger partial charge in [-0.1, -0.05) is 13.8 Å². The molecule has 0 aliphatic rings. The van der Waals surface area contributed by atoms with Gasteiger partial charge >= 0.3 is 0 Å². The monoisotopic (exact) mass is 246 g/mol. The first kappa shape index (κ1) is 14.9. The Labute approximate surface area is 102 Å². The minimum absolute atomic E-state index is 0. The Morgan fingerprint density at radius 2 is 2.25 bits per heavy atom. The van der Waals surface area contributed by atoms with Crippen LogP contribution in [-0.4, -0.2) is 21.7 Å². The highest BCUT2D eigenvalue weighted by Crippen LogP contribution is 2.07. The van der Waals surface area contributed by atoms with Gasteiger partial charge in [0.1, 0.15) is 5.82 Å². The van der Waals surface area contributed by atoms with Gasteiger partial charge in [-0.15, -0.1) is 12.4 Å². The Morgan fingerprint density at radius 1 is 1.62 bits per heavy atom. The van der Waals surface area contributed by atoms with Crippen LogP contribution >= 0.6 is 12.4 Å². The van der Waals surface area contributed by atoms with Gasteiger partial charge < -0.3 is 11.1 Å². The largest absolute Gasteiger partial charge is 0.320 e. The summed E-state index contributed by atoms with van der Waals surface area (Å²) >= 11 is 0. The summed E-state index contributed by atoms with van der Waals surface area (Å²) in [5, 5.41) is 6.68. The molecule has 0 saturated carbocycles. The molecule has 0 unspecified atom stereocenters. The summed E-state index contributed by atoms with van der Waals surface area (Å²) < 4.78 is 1.60. The Bertz CT molecular complexity index is 337. The van der Waals surface area contributed by atoms with Gasteiger partial charge in [-0.25, -0.2) is 0 Å². The van der Waals surface area contributed by atoms with Crippen LogP contribution in [0.3, 0.4) is 0 Å². The number of amides is 1. The number of hydrogen-bond donors (Lipinski definition) is 2. The molecule has 0 aliphatic carbocycles. The molecule has 0 saturated heterocycles. The molecule has 6 heteroatoms. The first-order valence-corrected chi connectivity index (χ1v) is 5.05. The van der Waals surface area contributed by atoms with E-state index in [9.17, 15) is 4.79 Å². The van der Waals surface area contributed by atoms with Gasteiger partial charge in [0.05, 0.1) is 12.2 Å². The lowest BCUT2D eigenvalue weighted by molar-refractivity contribution is -0.117. The van der Waals surface area contributed by atoms with Crippen LogP contribution in [0.15, 0.2) is 12.3 Å². The first-order chi connectivity index (χ1) is 7.00. The van der Waals surface area contributed by atoms with Crippen LogP contribution in [0, 0.1) is 5.92 Å². The smallest absolute Gasteiger partial charge is 0.242 e. The maximum atomic E-state index is 11.6. The minimum Gasteiger partial charge on any atom is -0.320 e. The fourth-order valence-electron chi connectivity index (χ4n) is 1.33. The zero-order chi connectivity index (χ0) is 11.4. The maximum Gasteiger partial charge on any atom is 0.242 e. The van der Waals surface area contributed by atoms with E-state index in [1.807, 2.05) is 13.8 Å². The van der Waals surface area contributed by atoms with Crippen LogP contribution in [0.25, 0.3) is 0 Å². The van der Waals surface area contributed by atoms with Crippen LogP contribution in [-0.2, 0) is 11.8 Å². The van der Waals surface area contributed by atoms with Crippen molar-refractivity contribution in [1.29, 1.82) is 0 Å². The van der Waals surface area contributed by atoms with Crippen molar-refractivity contribution >= 4 is 24.1 Å². The Balaban J connectivity index is 0.00000225. The number of aryl methyl sites for hydroxylation is 1. The Hall–Kier alpha value is -1.07. The number of halogens is 1. The second-order valence-electron chi connectivity index (χ2n) is 4.07. The zero-order valence-corrected chi connectivity index (χ0v) is 10.6. The topological polar surface area (TPSA) is 72.9 Å². The van der Waals surface area contributed by atoms with E-state index in [1.54, 1.807) is 24.0 Å². The number of carbonyl (C=O) groups is 1. The van der Waals surface area contributed by atoms with Crippen molar-refractivity contribution in [2.75, 3.05) is 5.32 Å². The van der Waals surface area contributed by atoms with Crippen molar-refractivity contribution in [3.05, 3.63) is 12.3 Å². The van der Waals surface area contributed by atoms with Gasteiger partial charge in [-0.2, -0.15) is 5.10 Å². The van der Waals surface area contributed by atoms with Gasteiger partial charge in [0.2, 0.25) is 5.91 Å². The van der Waals surface area contributed by atoms with E-state index in [0.29, 0.717) is 18.2 Å². The van der Waals surface area contributed by atoms with Crippen molar-refractivity contribution in [1.82, 2.24) is 9.78 Å². The van der Waals surface area contributed by atoms with Crippen molar-refractivity contribution in [2.45, 2.75) is 26.3 Å². The number of nitrogens with zero attached hydrogens (tertiary/aromatic N) is 2. The van der Waals surface area contributed by atoms with Crippen molar-refractivity contribution < 1.29 is 4.79 Å². The van der Waals surface area contributed by atoms with Gasteiger partial charge in [-0.3, -0.25) is 9.48 Å². The average Bonchev–Trinajstić information content (AvgIpc) is 2.50. The number of hydrogen-bond acceptors (Lipinski definition) is 3.